The van der Waals surface area contributed by atoms with Crippen molar-refractivity contribution < 1.29 is 9.84 Å². The summed E-state index contributed by atoms with van der Waals surface area (Å²) in [7, 11) is 0. The summed E-state index contributed by atoms with van der Waals surface area (Å²) >= 11 is 0. The van der Waals surface area contributed by atoms with Crippen molar-refractivity contribution in [3.05, 3.63) is 35.9 Å². The van der Waals surface area contributed by atoms with Crippen molar-refractivity contribution in [3.63, 3.8) is 0 Å². The van der Waals surface area contributed by atoms with Crippen LogP contribution in [0.1, 0.15) is 24.8 Å². The third kappa shape index (κ3) is 4.41. The second-order valence-electron chi connectivity index (χ2n) is 4.98. The molecule has 1 unspecified atom stereocenters. The average Bonchev–Trinajstić information content (AvgIpc) is 2.68. The van der Waals surface area contributed by atoms with Gasteiger partial charge in [0.2, 0.25) is 0 Å². The molecule has 100 valence electrons. The Balaban J connectivity index is 1.84. The van der Waals surface area contributed by atoms with Crippen LogP contribution in [0.4, 0.5) is 0 Å². The van der Waals surface area contributed by atoms with Crippen molar-refractivity contribution in [2.24, 2.45) is 0 Å². The molecule has 2 atom stereocenters. The monoisotopic (exact) mass is 249 g/mol. The van der Waals surface area contributed by atoms with Gasteiger partial charge < -0.3 is 15.2 Å². The van der Waals surface area contributed by atoms with E-state index < -0.39 is 0 Å². The fourth-order valence-corrected chi connectivity index (χ4v) is 2.48. The van der Waals surface area contributed by atoms with E-state index in [9.17, 15) is 5.11 Å². The molecule has 1 heterocycles. The van der Waals surface area contributed by atoms with Crippen molar-refractivity contribution >= 4 is 0 Å². The summed E-state index contributed by atoms with van der Waals surface area (Å²) in [4.78, 5) is 0. The van der Waals surface area contributed by atoms with Gasteiger partial charge in [-0.25, -0.2) is 0 Å². The third-order valence-corrected chi connectivity index (χ3v) is 3.47. The SMILES string of the molecule is OC[C@H](Cc1ccccc1)NC1CCCOCC1. The average molecular weight is 249 g/mol. The van der Waals surface area contributed by atoms with Gasteiger partial charge in [0.05, 0.1) is 6.61 Å². The standard InChI is InChI=1S/C15H23NO2/c17-12-15(11-13-5-2-1-3-6-13)16-14-7-4-9-18-10-8-14/h1-3,5-6,14-17H,4,7-12H2/t14?,15-/m0/s1. The predicted molar refractivity (Wildman–Crippen MR) is 72.6 cm³/mol. The topological polar surface area (TPSA) is 41.5 Å². The van der Waals surface area contributed by atoms with Crippen LogP contribution >= 0.6 is 0 Å². The van der Waals surface area contributed by atoms with E-state index in [-0.39, 0.29) is 12.6 Å². The normalized spacial score (nSPS) is 22.4. The Labute approximate surface area is 109 Å². The zero-order valence-electron chi connectivity index (χ0n) is 10.8. The maximum absolute atomic E-state index is 9.49. The van der Waals surface area contributed by atoms with Gasteiger partial charge in [-0.3, -0.25) is 0 Å². The Hall–Kier alpha value is -0.900. The van der Waals surface area contributed by atoms with Gasteiger partial charge >= 0.3 is 0 Å². The smallest absolute Gasteiger partial charge is 0.0587 e. The first-order chi connectivity index (χ1) is 8.88. The van der Waals surface area contributed by atoms with Crippen molar-refractivity contribution in [1.29, 1.82) is 0 Å². The molecule has 0 spiro atoms. The molecule has 0 radical (unpaired) electrons. The van der Waals surface area contributed by atoms with Gasteiger partial charge in [-0.2, -0.15) is 0 Å². The molecule has 0 bridgehead atoms. The lowest BCUT2D eigenvalue weighted by Crippen LogP contribution is -2.42. The molecule has 1 saturated heterocycles. The van der Waals surface area contributed by atoms with Gasteiger partial charge in [0.15, 0.2) is 0 Å². The van der Waals surface area contributed by atoms with Crippen LogP contribution in [0, 0.1) is 0 Å². The van der Waals surface area contributed by atoms with Crippen LogP contribution in [0.2, 0.25) is 0 Å². The summed E-state index contributed by atoms with van der Waals surface area (Å²) < 4.78 is 5.46. The summed E-state index contributed by atoms with van der Waals surface area (Å²) in [5, 5.41) is 13.1. The van der Waals surface area contributed by atoms with Crippen LogP contribution in [0.25, 0.3) is 0 Å². The lowest BCUT2D eigenvalue weighted by atomic mass is 10.0. The summed E-state index contributed by atoms with van der Waals surface area (Å²) in [6.07, 6.45) is 4.19. The van der Waals surface area contributed by atoms with Crippen molar-refractivity contribution in [2.45, 2.75) is 37.8 Å². The first-order valence-corrected chi connectivity index (χ1v) is 6.87. The molecule has 3 heteroatoms. The minimum absolute atomic E-state index is 0.149. The Kier molecular flexibility index (Phi) is 5.65. The van der Waals surface area contributed by atoms with Crippen LogP contribution in [-0.2, 0) is 11.2 Å². The molecule has 3 nitrogen and oxygen atoms in total. The molecule has 18 heavy (non-hydrogen) atoms. The Morgan fingerprint density at radius 1 is 1.22 bits per heavy atom. The molecule has 2 N–H and O–H groups in total. The molecular formula is C15H23NO2. The van der Waals surface area contributed by atoms with Gasteiger partial charge in [0.25, 0.3) is 0 Å². The Morgan fingerprint density at radius 2 is 2.06 bits per heavy atom. The van der Waals surface area contributed by atoms with Gasteiger partial charge in [-0.05, 0) is 31.2 Å². The maximum Gasteiger partial charge on any atom is 0.0587 e. The van der Waals surface area contributed by atoms with Gasteiger partial charge in [0.1, 0.15) is 0 Å². The van der Waals surface area contributed by atoms with E-state index in [0.717, 1.165) is 38.9 Å². The summed E-state index contributed by atoms with van der Waals surface area (Å²) in [6, 6.07) is 11.0. The fraction of sp³-hybridized carbons (Fsp3) is 0.600. The minimum atomic E-state index is 0.149. The Morgan fingerprint density at radius 3 is 2.83 bits per heavy atom. The summed E-state index contributed by atoms with van der Waals surface area (Å²) in [5.41, 5.74) is 1.27. The molecule has 1 aromatic carbocycles. The fourth-order valence-electron chi connectivity index (χ4n) is 2.48. The third-order valence-electron chi connectivity index (χ3n) is 3.47. The number of aliphatic hydroxyl groups excluding tert-OH is 1. The van der Waals surface area contributed by atoms with Crippen LogP contribution < -0.4 is 5.32 Å². The molecular weight excluding hydrogens is 226 g/mol. The summed E-state index contributed by atoms with van der Waals surface area (Å²) in [6.45, 7) is 1.90. The molecule has 0 aromatic heterocycles. The highest BCUT2D eigenvalue weighted by Crippen LogP contribution is 2.10. The zero-order valence-corrected chi connectivity index (χ0v) is 10.8. The van der Waals surface area contributed by atoms with Gasteiger partial charge in [0, 0.05) is 25.3 Å². The lowest BCUT2D eigenvalue weighted by molar-refractivity contribution is 0.141. The van der Waals surface area contributed by atoms with Crippen LogP contribution in [0.3, 0.4) is 0 Å². The lowest BCUT2D eigenvalue weighted by Gasteiger charge is -2.23. The number of ether oxygens (including phenoxy) is 1. The predicted octanol–water partition coefficient (Wildman–Crippen LogP) is 1.75. The maximum atomic E-state index is 9.49. The number of benzene rings is 1. The minimum Gasteiger partial charge on any atom is -0.395 e. The van der Waals surface area contributed by atoms with Crippen LogP contribution in [-0.4, -0.2) is 37.0 Å². The molecule has 1 aliphatic heterocycles. The number of nitrogens with one attached hydrogen (secondary N) is 1. The number of aliphatic hydroxyl groups is 1. The second kappa shape index (κ2) is 7.52. The van der Waals surface area contributed by atoms with Crippen molar-refractivity contribution in [1.82, 2.24) is 5.32 Å². The quantitative estimate of drug-likeness (QED) is 0.835. The van der Waals surface area contributed by atoms with Crippen LogP contribution in [0.15, 0.2) is 30.3 Å². The van der Waals surface area contributed by atoms with Crippen LogP contribution in [0.5, 0.6) is 0 Å². The zero-order chi connectivity index (χ0) is 12.6. The van der Waals surface area contributed by atoms with Crippen molar-refractivity contribution in [2.75, 3.05) is 19.8 Å². The second-order valence-corrected chi connectivity index (χ2v) is 4.98. The van der Waals surface area contributed by atoms with E-state index in [1.807, 2.05) is 18.2 Å². The Bertz CT molecular complexity index is 321. The van der Waals surface area contributed by atoms with E-state index in [1.165, 1.54) is 5.56 Å². The molecule has 1 aliphatic rings. The van der Waals surface area contributed by atoms with E-state index in [4.69, 9.17) is 4.74 Å². The molecule has 0 saturated carbocycles. The van der Waals surface area contributed by atoms with E-state index in [0.29, 0.717) is 6.04 Å². The first-order valence-electron chi connectivity index (χ1n) is 6.87. The highest BCUT2D eigenvalue weighted by atomic mass is 16.5. The van der Waals surface area contributed by atoms with Crippen molar-refractivity contribution in [3.8, 4) is 0 Å². The summed E-state index contributed by atoms with van der Waals surface area (Å²) in [5.74, 6) is 0. The molecule has 1 fully saturated rings. The number of hydrogen-bond donors (Lipinski definition) is 2. The van der Waals surface area contributed by atoms with Gasteiger partial charge in [-0.1, -0.05) is 30.3 Å². The number of rotatable bonds is 5. The van der Waals surface area contributed by atoms with E-state index in [1.54, 1.807) is 0 Å². The molecule has 0 aliphatic carbocycles. The number of hydrogen-bond acceptors (Lipinski definition) is 3. The van der Waals surface area contributed by atoms with Gasteiger partial charge in [-0.15, -0.1) is 0 Å². The highest BCUT2D eigenvalue weighted by Gasteiger charge is 2.16. The first kappa shape index (κ1) is 13.5. The molecule has 0 amide bonds. The van der Waals surface area contributed by atoms with E-state index in [2.05, 4.69) is 17.4 Å². The largest absolute Gasteiger partial charge is 0.395 e. The highest BCUT2D eigenvalue weighted by molar-refractivity contribution is 5.15. The van der Waals surface area contributed by atoms with E-state index >= 15 is 0 Å². The molecule has 1 aromatic rings. The molecule has 2 rings (SSSR count).